The molecular weight excluding hydrogens is 345 g/mol. The maximum atomic E-state index is 12.7. The van der Waals surface area contributed by atoms with Crippen LogP contribution in [0.2, 0.25) is 0 Å². The number of nitrogens with one attached hydrogen (secondary N) is 1. The Morgan fingerprint density at radius 3 is 2.42 bits per heavy atom. The van der Waals surface area contributed by atoms with Crippen LogP contribution in [0.1, 0.15) is 18.4 Å². The van der Waals surface area contributed by atoms with Crippen LogP contribution >= 0.6 is 0 Å². The normalized spacial score (nSPS) is 14.3. The van der Waals surface area contributed by atoms with Crippen molar-refractivity contribution in [3.05, 3.63) is 54.1 Å². The van der Waals surface area contributed by atoms with Crippen LogP contribution in [0.4, 0.5) is 24.5 Å². The molecule has 0 atom stereocenters. The van der Waals surface area contributed by atoms with Crippen LogP contribution < -0.4 is 15.0 Å². The van der Waals surface area contributed by atoms with E-state index in [0.717, 1.165) is 30.9 Å². The van der Waals surface area contributed by atoms with Crippen molar-refractivity contribution in [3.63, 3.8) is 0 Å². The molecule has 1 aliphatic heterocycles. The zero-order valence-corrected chi connectivity index (χ0v) is 14.1. The van der Waals surface area contributed by atoms with E-state index in [-0.39, 0.29) is 12.4 Å². The van der Waals surface area contributed by atoms with Crippen LogP contribution in [-0.2, 0) is 11.0 Å². The Kier molecular flexibility index (Phi) is 5.35. The van der Waals surface area contributed by atoms with Crippen molar-refractivity contribution >= 4 is 17.3 Å². The van der Waals surface area contributed by atoms with Crippen LogP contribution in [0.3, 0.4) is 0 Å². The lowest BCUT2D eigenvalue weighted by molar-refractivity contribution is -0.137. The van der Waals surface area contributed by atoms with Gasteiger partial charge in [0, 0.05) is 24.5 Å². The Hall–Kier alpha value is -2.70. The van der Waals surface area contributed by atoms with E-state index in [2.05, 4.69) is 10.2 Å². The average Bonchev–Trinajstić information content (AvgIpc) is 3.15. The minimum absolute atomic E-state index is 0.000596. The van der Waals surface area contributed by atoms with Crippen LogP contribution in [-0.4, -0.2) is 25.6 Å². The fourth-order valence-corrected chi connectivity index (χ4v) is 2.84. The lowest BCUT2D eigenvalue weighted by Crippen LogP contribution is -2.20. The molecule has 7 heteroatoms. The van der Waals surface area contributed by atoms with Gasteiger partial charge in [0.1, 0.15) is 5.75 Å². The first kappa shape index (κ1) is 18.1. The summed E-state index contributed by atoms with van der Waals surface area (Å²) in [7, 11) is 0. The van der Waals surface area contributed by atoms with Crippen LogP contribution in [0, 0.1) is 0 Å². The molecule has 1 N–H and O–H groups in total. The third-order valence-corrected chi connectivity index (χ3v) is 4.15. The smallest absolute Gasteiger partial charge is 0.416 e. The summed E-state index contributed by atoms with van der Waals surface area (Å²) in [5.74, 6) is -0.435. The van der Waals surface area contributed by atoms with Gasteiger partial charge in [-0.3, -0.25) is 4.79 Å². The highest BCUT2D eigenvalue weighted by molar-refractivity contribution is 5.92. The summed E-state index contributed by atoms with van der Waals surface area (Å²) < 4.78 is 43.1. The molecule has 0 aliphatic carbocycles. The number of anilines is 2. The molecule has 26 heavy (non-hydrogen) atoms. The van der Waals surface area contributed by atoms with E-state index in [4.69, 9.17) is 4.74 Å². The summed E-state index contributed by atoms with van der Waals surface area (Å²) in [5.41, 5.74) is 0.916. The highest BCUT2D eigenvalue weighted by atomic mass is 19.4. The van der Waals surface area contributed by atoms with Gasteiger partial charge in [-0.15, -0.1) is 0 Å². The van der Waals surface area contributed by atoms with Gasteiger partial charge in [-0.2, -0.15) is 13.2 Å². The molecule has 0 bridgehead atoms. The van der Waals surface area contributed by atoms with Gasteiger partial charge in [-0.1, -0.05) is 6.07 Å². The van der Waals surface area contributed by atoms with Crippen molar-refractivity contribution < 1.29 is 22.7 Å². The highest BCUT2D eigenvalue weighted by Gasteiger charge is 2.30. The molecule has 0 radical (unpaired) electrons. The fraction of sp³-hybridized carbons (Fsp3) is 0.316. The van der Waals surface area contributed by atoms with E-state index in [1.54, 1.807) is 12.1 Å². The fourth-order valence-electron chi connectivity index (χ4n) is 2.84. The van der Waals surface area contributed by atoms with Crippen molar-refractivity contribution in [2.45, 2.75) is 19.0 Å². The van der Waals surface area contributed by atoms with Gasteiger partial charge in [0.05, 0.1) is 5.56 Å². The first-order valence-electron chi connectivity index (χ1n) is 8.37. The number of nitrogens with zero attached hydrogens (tertiary/aromatic N) is 1. The molecule has 0 unspecified atom stereocenters. The molecular formula is C19H19F3N2O2. The molecule has 1 saturated heterocycles. The quantitative estimate of drug-likeness (QED) is 0.859. The number of hydrogen-bond donors (Lipinski definition) is 1. The molecule has 1 heterocycles. The van der Waals surface area contributed by atoms with Crippen molar-refractivity contribution in [1.29, 1.82) is 0 Å². The number of hydrogen-bond acceptors (Lipinski definition) is 3. The number of carbonyl (C=O) groups is 1. The molecule has 4 nitrogen and oxygen atoms in total. The second-order valence-electron chi connectivity index (χ2n) is 6.10. The van der Waals surface area contributed by atoms with E-state index in [0.29, 0.717) is 5.69 Å². The molecule has 1 fully saturated rings. The number of benzene rings is 2. The molecule has 3 rings (SSSR count). The zero-order chi connectivity index (χ0) is 18.6. The Morgan fingerprint density at radius 1 is 1.08 bits per heavy atom. The first-order valence-corrected chi connectivity index (χ1v) is 8.37. The van der Waals surface area contributed by atoms with Gasteiger partial charge in [-0.05, 0) is 55.3 Å². The van der Waals surface area contributed by atoms with Gasteiger partial charge in [0.15, 0.2) is 6.61 Å². The van der Waals surface area contributed by atoms with Crippen molar-refractivity contribution in [3.8, 4) is 5.75 Å². The monoisotopic (exact) mass is 364 g/mol. The Labute approximate surface area is 149 Å². The summed E-state index contributed by atoms with van der Waals surface area (Å²) in [6.45, 7) is 1.71. The number of amides is 1. The van der Waals surface area contributed by atoms with E-state index in [1.807, 2.05) is 12.1 Å². The van der Waals surface area contributed by atoms with Crippen LogP contribution in [0.25, 0.3) is 0 Å². The minimum atomic E-state index is -4.45. The summed E-state index contributed by atoms with van der Waals surface area (Å²) in [6, 6.07) is 11.9. The Bertz CT molecular complexity index is 754. The second kappa shape index (κ2) is 7.68. The molecule has 1 amide bonds. The van der Waals surface area contributed by atoms with Crippen LogP contribution in [0.15, 0.2) is 48.5 Å². The average molecular weight is 364 g/mol. The third-order valence-electron chi connectivity index (χ3n) is 4.15. The summed E-state index contributed by atoms with van der Waals surface area (Å²) in [5, 5.41) is 2.67. The second-order valence-corrected chi connectivity index (χ2v) is 6.10. The predicted octanol–water partition coefficient (Wildman–Crippen LogP) is 4.32. The predicted molar refractivity (Wildman–Crippen MR) is 93.5 cm³/mol. The van der Waals surface area contributed by atoms with Crippen molar-refractivity contribution in [2.75, 3.05) is 29.9 Å². The topological polar surface area (TPSA) is 41.6 Å². The summed E-state index contributed by atoms with van der Waals surface area (Å²) in [6.07, 6.45) is -2.07. The molecule has 0 saturated carbocycles. The molecule has 2 aromatic carbocycles. The standard InChI is InChI=1S/C19H19F3N2O2/c20-19(21,22)14-4-3-5-17(12-14)26-13-18(25)23-15-6-8-16(9-7-15)24-10-1-2-11-24/h3-9,12H,1-2,10-11,13H2,(H,23,25). The highest BCUT2D eigenvalue weighted by Crippen LogP contribution is 2.31. The maximum absolute atomic E-state index is 12.7. The van der Waals surface area contributed by atoms with Gasteiger partial charge in [0.25, 0.3) is 5.91 Å². The van der Waals surface area contributed by atoms with E-state index >= 15 is 0 Å². The number of carbonyl (C=O) groups excluding carboxylic acids is 1. The number of ether oxygens (including phenoxy) is 1. The van der Waals surface area contributed by atoms with Gasteiger partial charge >= 0.3 is 6.18 Å². The SMILES string of the molecule is O=C(COc1cccc(C(F)(F)F)c1)Nc1ccc(N2CCCC2)cc1. The molecule has 0 spiro atoms. The summed E-state index contributed by atoms with van der Waals surface area (Å²) >= 11 is 0. The lowest BCUT2D eigenvalue weighted by Gasteiger charge is -2.17. The lowest BCUT2D eigenvalue weighted by atomic mass is 10.2. The van der Waals surface area contributed by atoms with Crippen molar-refractivity contribution in [2.24, 2.45) is 0 Å². The molecule has 0 aromatic heterocycles. The van der Waals surface area contributed by atoms with E-state index < -0.39 is 17.6 Å². The number of rotatable bonds is 5. The molecule has 138 valence electrons. The largest absolute Gasteiger partial charge is 0.484 e. The Balaban J connectivity index is 1.52. The first-order chi connectivity index (χ1) is 12.4. The summed E-state index contributed by atoms with van der Waals surface area (Å²) in [4.78, 5) is 14.2. The Morgan fingerprint density at radius 2 is 1.77 bits per heavy atom. The van der Waals surface area contributed by atoms with Gasteiger partial charge in [0.2, 0.25) is 0 Å². The maximum Gasteiger partial charge on any atom is 0.416 e. The minimum Gasteiger partial charge on any atom is -0.484 e. The van der Waals surface area contributed by atoms with Crippen molar-refractivity contribution in [1.82, 2.24) is 0 Å². The van der Waals surface area contributed by atoms with E-state index in [1.165, 1.54) is 25.0 Å². The number of alkyl halides is 3. The third kappa shape index (κ3) is 4.68. The molecule has 2 aromatic rings. The van der Waals surface area contributed by atoms with Gasteiger partial charge in [-0.25, -0.2) is 0 Å². The zero-order valence-electron chi connectivity index (χ0n) is 14.1. The van der Waals surface area contributed by atoms with Crippen LogP contribution in [0.5, 0.6) is 5.75 Å². The van der Waals surface area contributed by atoms with Gasteiger partial charge < -0.3 is 15.0 Å². The molecule has 1 aliphatic rings. The number of halogens is 3. The van der Waals surface area contributed by atoms with E-state index in [9.17, 15) is 18.0 Å².